The summed E-state index contributed by atoms with van der Waals surface area (Å²) in [6.45, 7) is 0.295. The number of para-hydroxylation sites is 1. The first-order valence-corrected chi connectivity index (χ1v) is 9.00. The molecule has 0 aliphatic rings. The Bertz CT molecular complexity index is 895. The lowest BCUT2D eigenvalue weighted by molar-refractivity contribution is 0.0846. The van der Waals surface area contributed by atoms with E-state index in [9.17, 15) is 9.59 Å². The number of benzene rings is 2. The fourth-order valence-corrected chi connectivity index (χ4v) is 2.92. The predicted octanol–water partition coefficient (Wildman–Crippen LogP) is 4.06. The molecular formula is C19H15ClN2O3S. The maximum absolute atomic E-state index is 12.4. The summed E-state index contributed by atoms with van der Waals surface area (Å²) in [5.74, 6) is -0.403. The van der Waals surface area contributed by atoms with Crippen LogP contribution in [0.1, 0.15) is 25.6 Å². The van der Waals surface area contributed by atoms with E-state index >= 15 is 0 Å². The van der Waals surface area contributed by atoms with Crippen LogP contribution >= 0.6 is 22.9 Å². The largest absolute Gasteiger partial charge is 0.488 e. The van der Waals surface area contributed by atoms with Gasteiger partial charge >= 0.3 is 0 Å². The molecule has 5 nitrogen and oxygen atoms in total. The molecule has 0 bridgehead atoms. The third kappa shape index (κ3) is 4.62. The van der Waals surface area contributed by atoms with E-state index in [1.165, 1.54) is 11.3 Å². The normalized spacial score (nSPS) is 10.2. The Labute approximate surface area is 159 Å². The van der Waals surface area contributed by atoms with Gasteiger partial charge in [-0.25, -0.2) is 0 Å². The molecule has 0 saturated carbocycles. The van der Waals surface area contributed by atoms with Crippen molar-refractivity contribution >= 4 is 34.8 Å². The molecule has 0 unspecified atom stereocenters. The number of halogens is 1. The molecule has 0 aliphatic carbocycles. The summed E-state index contributed by atoms with van der Waals surface area (Å²) in [5, 5.41) is 2.44. The predicted molar refractivity (Wildman–Crippen MR) is 101 cm³/mol. The number of carbonyl (C=O) groups excluding carboxylic acids is 2. The van der Waals surface area contributed by atoms with E-state index in [0.29, 0.717) is 27.8 Å². The Balaban J connectivity index is 1.63. The topological polar surface area (TPSA) is 67.4 Å². The fourth-order valence-electron chi connectivity index (χ4n) is 2.17. The molecule has 2 aromatic carbocycles. The van der Waals surface area contributed by atoms with Gasteiger partial charge in [-0.05, 0) is 41.3 Å². The molecule has 2 N–H and O–H groups in total. The minimum atomic E-state index is -0.457. The van der Waals surface area contributed by atoms with Crippen LogP contribution in [-0.2, 0) is 6.61 Å². The lowest BCUT2D eigenvalue weighted by atomic mass is 10.2. The highest BCUT2D eigenvalue weighted by Gasteiger charge is 2.14. The Morgan fingerprint density at radius 2 is 1.65 bits per heavy atom. The average Bonchev–Trinajstić information content (AvgIpc) is 3.20. The van der Waals surface area contributed by atoms with E-state index < -0.39 is 5.91 Å². The molecule has 0 saturated heterocycles. The van der Waals surface area contributed by atoms with Gasteiger partial charge in [0.2, 0.25) is 0 Å². The van der Waals surface area contributed by atoms with Gasteiger partial charge in [-0.2, -0.15) is 0 Å². The highest BCUT2D eigenvalue weighted by atomic mass is 35.5. The number of hydrogen-bond acceptors (Lipinski definition) is 4. The van der Waals surface area contributed by atoms with Gasteiger partial charge < -0.3 is 4.74 Å². The smallest absolute Gasteiger partial charge is 0.279 e. The zero-order valence-electron chi connectivity index (χ0n) is 13.6. The van der Waals surface area contributed by atoms with Crippen molar-refractivity contribution in [1.29, 1.82) is 0 Å². The van der Waals surface area contributed by atoms with Gasteiger partial charge in [0.1, 0.15) is 12.4 Å². The van der Waals surface area contributed by atoms with Crippen LogP contribution in [0.15, 0.2) is 66.0 Å². The van der Waals surface area contributed by atoms with Crippen molar-refractivity contribution < 1.29 is 14.3 Å². The number of ether oxygens (including phenoxy) is 1. The Morgan fingerprint density at radius 3 is 2.38 bits per heavy atom. The molecule has 0 fully saturated rings. The Morgan fingerprint density at radius 1 is 0.923 bits per heavy atom. The second kappa shape index (κ2) is 8.51. The van der Waals surface area contributed by atoms with Crippen LogP contribution in [0.5, 0.6) is 5.75 Å². The molecule has 3 aromatic rings. The van der Waals surface area contributed by atoms with Crippen LogP contribution in [0.2, 0.25) is 5.02 Å². The lowest BCUT2D eigenvalue weighted by Crippen LogP contribution is -2.41. The third-order valence-electron chi connectivity index (χ3n) is 3.47. The Hall–Kier alpha value is -2.83. The molecule has 0 spiro atoms. The van der Waals surface area contributed by atoms with E-state index in [2.05, 4.69) is 10.9 Å². The first-order valence-electron chi connectivity index (χ1n) is 7.74. The first-order chi connectivity index (χ1) is 12.6. The zero-order valence-corrected chi connectivity index (χ0v) is 15.1. The molecule has 0 radical (unpaired) electrons. The summed E-state index contributed by atoms with van der Waals surface area (Å²) in [7, 11) is 0. The van der Waals surface area contributed by atoms with E-state index in [0.717, 1.165) is 5.56 Å². The summed E-state index contributed by atoms with van der Waals surface area (Å²) in [4.78, 5) is 24.8. The van der Waals surface area contributed by atoms with Crippen LogP contribution in [0, 0.1) is 0 Å². The highest BCUT2D eigenvalue weighted by Crippen LogP contribution is 2.20. The molecular weight excluding hydrogens is 372 g/mol. The number of hydrazine groups is 1. The number of thiophene rings is 1. The SMILES string of the molecule is O=C(NNC(=O)c1ccccc1OCc1ccc(Cl)cc1)c1cccs1. The van der Waals surface area contributed by atoms with Crippen molar-refractivity contribution in [3.8, 4) is 5.75 Å². The Kier molecular flexibility index (Phi) is 5.88. The van der Waals surface area contributed by atoms with Gasteiger partial charge in [-0.3, -0.25) is 20.4 Å². The summed E-state index contributed by atoms with van der Waals surface area (Å²) in [6, 6.07) is 17.5. The van der Waals surface area contributed by atoms with Crippen molar-refractivity contribution in [3.05, 3.63) is 87.1 Å². The average molecular weight is 387 g/mol. The van der Waals surface area contributed by atoms with Crippen molar-refractivity contribution in [2.45, 2.75) is 6.61 Å². The van der Waals surface area contributed by atoms with Crippen LogP contribution in [0.3, 0.4) is 0 Å². The molecule has 132 valence electrons. The van der Waals surface area contributed by atoms with E-state index in [1.54, 1.807) is 53.9 Å². The van der Waals surface area contributed by atoms with Crippen molar-refractivity contribution in [1.82, 2.24) is 10.9 Å². The van der Waals surface area contributed by atoms with Crippen LogP contribution in [-0.4, -0.2) is 11.8 Å². The summed E-state index contributed by atoms with van der Waals surface area (Å²) < 4.78 is 5.75. The molecule has 0 aliphatic heterocycles. The molecule has 0 atom stereocenters. The quantitative estimate of drug-likeness (QED) is 0.650. The third-order valence-corrected chi connectivity index (χ3v) is 4.59. The summed E-state index contributed by atoms with van der Waals surface area (Å²) in [6.07, 6.45) is 0. The van der Waals surface area contributed by atoms with Crippen molar-refractivity contribution in [3.63, 3.8) is 0 Å². The number of rotatable bonds is 5. The molecule has 1 aromatic heterocycles. The van der Waals surface area contributed by atoms with Gasteiger partial charge in [-0.1, -0.05) is 41.9 Å². The van der Waals surface area contributed by atoms with Crippen LogP contribution in [0.25, 0.3) is 0 Å². The van der Waals surface area contributed by atoms with E-state index in [-0.39, 0.29) is 5.91 Å². The van der Waals surface area contributed by atoms with E-state index in [1.807, 2.05) is 12.1 Å². The number of nitrogens with one attached hydrogen (secondary N) is 2. The standard InChI is InChI=1S/C19H15ClN2O3S/c20-14-9-7-13(8-10-14)12-25-16-5-2-1-4-15(16)18(23)21-22-19(24)17-6-3-11-26-17/h1-11H,12H2,(H,21,23)(H,22,24). The minimum absolute atomic E-state index is 0.295. The van der Waals surface area contributed by atoms with Gasteiger partial charge in [0.25, 0.3) is 11.8 Å². The maximum Gasteiger partial charge on any atom is 0.279 e. The summed E-state index contributed by atoms with van der Waals surface area (Å²) >= 11 is 7.16. The molecule has 1 heterocycles. The lowest BCUT2D eigenvalue weighted by Gasteiger charge is -2.12. The molecule has 3 rings (SSSR count). The van der Waals surface area contributed by atoms with Gasteiger partial charge in [-0.15, -0.1) is 11.3 Å². The van der Waals surface area contributed by atoms with Crippen LogP contribution in [0.4, 0.5) is 0 Å². The first kappa shape index (κ1) is 18.0. The fraction of sp³-hybridized carbons (Fsp3) is 0.0526. The molecule has 2 amide bonds. The number of hydrogen-bond donors (Lipinski definition) is 2. The van der Waals surface area contributed by atoms with Gasteiger partial charge in [0, 0.05) is 5.02 Å². The highest BCUT2D eigenvalue weighted by molar-refractivity contribution is 7.12. The van der Waals surface area contributed by atoms with Gasteiger partial charge in [0.15, 0.2) is 0 Å². The van der Waals surface area contributed by atoms with Crippen molar-refractivity contribution in [2.75, 3.05) is 0 Å². The zero-order chi connectivity index (χ0) is 18.4. The molecule has 26 heavy (non-hydrogen) atoms. The maximum atomic E-state index is 12.4. The van der Waals surface area contributed by atoms with Gasteiger partial charge in [0.05, 0.1) is 10.4 Å². The van der Waals surface area contributed by atoms with Crippen molar-refractivity contribution in [2.24, 2.45) is 0 Å². The molecule has 7 heteroatoms. The number of amides is 2. The number of carbonyl (C=O) groups is 2. The minimum Gasteiger partial charge on any atom is -0.488 e. The summed E-state index contributed by atoms with van der Waals surface area (Å²) in [5.41, 5.74) is 6.05. The van der Waals surface area contributed by atoms with Crippen LogP contribution < -0.4 is 15.6 Å². The second-order valence-electron chi connectivity index (χ2n) is 5.30. The van der Waals surface area contributed by atoms with E-state index in [4.69, 9.17) is 16.3 Å². The second-order valence-corrected chi connectivity index (χ2v) is 6.68. The monoisotopic (exact) mass is 386 g/mol.